The van der Waals surface area contributed by atoms with Crippen molar-refractivity contribution in [3.63, 3.8) is 0 Å². The molecule has 0 heterocycles. The summed E-state index contributed by atoms with van der Waals surface area (Å²) in [6, 6.07) is 11.3. The standard InChI is InChI=1S/C35H38/c1-6-27-17-25(4)33(20-28-11-8-7-9-12-28)35(19-27)31-14-10-13-30-18-29(22-34(30)31)21-32-24(3)16-15-23(2)26(32)5/h1,10,13-19,23,28,32H,3,5,7-9,11-12,20-22H2,2,4H3. The molecule has 2 aromatic rings. The molecule has 0 saturated heterocycles. The molecule has 2 atom stereocenters. The van der Waals surface area contributed by atoms with Crippen LogP contribution in [0.25, 0.3) is 17.2 Å². The van der Waals surface area contributed by atoms with Crippen LogP contribution in [0.1, 0.15) is 73.3 Å². The van der Waals surface area contributed by atoms with Gasteiger partial charge in [0.25, 0.3) is 0 Å². The van der Waals surface area contributed by atoms with E-state index in [9.17, 15) is 0 Å². The number of benzene rings is 2. The quantitative estimate of drug-likeness (QED) is 0.310. The third-order valence-electron chi connectivity index (χ3n) is 8.67. The van der Waals surface area contributed by atoms with E-state index < -0.39 is 0 Å². The van der Waals surface area contributed by atoms with Crippen LogP contribution in [0.4, 0.5) is 0 Å². The Morgan fingerprint density at radius 3 is 2.60 bits per heavy atom. The van der Waals surface area contributed by atoms with Crippen molar-refractivity contribution in [1.82, 2.24) is 0 Å². The van der Waals surface area contributed by atoms with Crippen LogP contribution in [0.3, 0.4) is 0 Å². The molecule has 3 aliphatic rings. The molecule has 0 amide bonds. The SMILES string of the molecule is C#Cc1cc(C)c(CC2CCCCC2)c(-c2cccc3c2CC(CC2C(=C)C=CC(C)C2=C)=C3)c1. The van der Waals surface area contributed by atoms with Crippen LogP contribution in [-0.2, 0) is 12.8 Å². The fourth-order valence-corrected chi connectivity index (χ4v) is 6.50. The van der Waals surface area contributed by atoms with Crippen molar-refractivity contribution < 1.29 is 0 Å². The first kappa shape index (κ1) is 23.7. The van der Waals surface area contributed by atoms with Gasteiger partial charge in [0.15, 0.2) is 0 Å². The number of hydrogen-bond acceptors (Lipinski definition) is 0. The van der Waals surface area contributed by atoms with Crippen LogP contribution >= 0.6 is 0 Å². The van der Waals surface area contributed by atoms with Crippen LogP contribution in [0.15, 0.2) is 72.4 Å². The minimum Gasteiger partial charge on any atom is -0.115 e. The summed E-state index contributed by atoms with van der Waals surface area (Å²) in [4.78, 5) is 0. The van der Waals surface area contributed by atoms with Gasteiger partial charge in [-0.15, -0.1) is 6.42 Å². The Morgan fingerprint density at radius 1 is 1.03 bits per heavy atom. The molecular formula is C35H38. The van der Waals surface area contributed by atoms with Crippen LogP contribution in [0.5, 0.6) is 0 Å². The molecule has 0 bridgehead atoms. The Bertz CT molecular complexity index is 1270. The second kappa shape index (κ2) is 9.91. The third-order valence-corrected chi connectivity index (χ3v) is 8.67. The predicted octanol–water partition coefficient (Wildman–Crippen LogP) is 9.03. The van der Waals surface area contributed by atoms with Gasteiger partial charge in [0.2, 0.25) is 0 Å². The van der Waals surface area contributed by atoms with Crippen LogP contribution in [0.2, 0.25) is 0 Å². The summed E-state index contributed by atoms with van der Waals surface area (Å²) in [5, 5.41) is 0. The summed E-state index contributed by atoms with van der Waals surface area (Å²) in [5.74, 6) is 4.47. The Hall–Kier alpha value is -3.04. The van der Waals surface area contributed by atoms with Crippen LogP contribution < -0.4 is 0 Å². The van der Waals surface area contributed by atoms with E-state index >= 15 is 0 Å². The number of hydrogen-bond donors (Lipinski definition) is 0. The Morgan fingerprint density at radius 2 is 1.83 bits per heavy atom. The van der Waals surface area contributed by atoms with E-state index in [1.54, 1.807) is 0 Å². The molecule has 0 aromatic heterocycles. The summed E-state index contributed by atoms with van der Waals surface area (Å²) in [6.45, 7) is 13.3. The Balaban J connectivity index is 1.48. The van der Waals surface area contributed by atoms with Gasteiger partial charge in [-0.1, -0.05) is 106 Å². The van der Waals surface area contributed by atoms with Gasteiger partial charge >= 0.3 is 0 Å². The van der Waals surface area contributed by atoms with Crippen LogP contribution in [0, 0.1) is 37.0 Å². The van der Waals surface area contributed by atoms with E-state index in [-0.39, 0.29) is 0 Å². The lowest BCUT2D eigenvalue weighted by Gasteiger charge is -2.28. The highest BCUT2D eigenvalue weighted by Crippen LogP contribution is 2.42. The highest BCUT2D eigenvalue weighted by molar-refractivity contribution is 5.80. The second-order valence-corrected chi connectivity index (χ2v) is 11.1. The van der Waals surface area contributed by atoms with Crippen molar-refractivity contribution in [3.8, 4) is 23.5 Å². The van der Waals surface area contributed by atoms with Crippen LogP contribution in [-0.4, -0.2) is 0 Å². The van der Waals surface area contributed by atoms with E-state index in [0.29, 0.717) is 11.8 Å². The molecule has 0 aliphatic heterocycles. The number of fused-ring (bicyclic) bond motifs is 1. The number of terminal acetylenes is 1. The van der Waals surface area contributed by atoms with Gasteiger partial charge in [0.05, 0.1) is 0 Å². The Kier molecular flexibility index (Phi) is 6.71. The molecule has 5 rings (SSSR count). The number of aryl methyl sites for hydroxylation is 1. The molecular weight excluding hydrogens is 420 g/mol. The van der Waals surface area contributed by atoms with E-state index in [2.05, 4.69) is 81.5 Å². The molecule has 1 saturated carbocycles. The zero-order valence-corrected chi connectivity index (χ0v) is 21.5. The fourth-order valence-electron chi connectivity index (χ4n) is 6.50. The predicted molar refractivity (Wildman–Crippen MR) is 151 cm³/mol. The molecule has 0 nitrogen and oxygen atoms in total. The lowest BCUT2D eigenvalue weighted by molar-refractivity contribution is 0.356. The first-order valence-electron chi connectivity index (χ1n) is 13.4. The van der Waals surface area contributed by atoms with Gasteiger partial charge in [-0.3, -0.25) is 0 Å². The van der Waals surface area contributed by atoms with Crippen molar-refractivity contribution in [3.05, 3.63) is 100 Å². The van der Waals surface area contributed by atoms with E-state index in [4.69, 9.17) is 6.42 Å². The molecule has 0 heteroatoms. The number of rotatable bonds is 5. The minimum absolute atomic E-state index is 0.341. The molecule has 2 unspecified atom stereocenters. The maximum Gasteiger partial charge on any atom is 0.0251 e. The molecule has 0 spiro atoms. The van der Waals surface area contributed by atoms with Crippen molar-refractivity contribution in [1.29, 1.82) is 0 Å². The van der Waals surface area contributed by atoms with E-state index in [1.165, 1.54) is 88.6 Å². The summed E-state index contributed by atoms with van der Waals surface area (Å²) in [5.41, 5.74) is 13.4. The lowest BCUT2D eigenvalue weighted by Crippen LogP contribution is -2.15. The third kappa shape index (κ3) is 4.75. The molecule has 35 heavy (non-hydrogen) atoms. The molecule has 0 N–H and O–H groups in total. The summed E-state index contributed by atoms with van der Waals surface area (Å²) < 4.78 is 0. The van der Waals surface area contributed by atoms with Crippen molar-refractivity contribution in [2.24, 2.45) is 17.8 Å². The topological polar surface area (TPSA) is 0 Å². The summed E-state index contributed by atoms with van der Waals surface area (Å²) in [7, 11) is 0. The zero-order chi connectivity index (χ0) is 24.5. The number of allylic oxidation sites excluding steroid dienone is 5. The zero-order valence-electron chi connectivity index (χ0n) is 21.5. The average Bonchev–Trinajstić information content (AvgIpc) is 3.29. The van der Waals surface area contributed by atoms with Gasteiger partial charge < -0.3 is 0 Å². The van der Waals surface area contributed by atoms with Crippen molar-refractivity contribution in [2.75, 3.05) is 0 Å². The van der Waals surface area contributed by atoms with Gasteiger partial charge in [-0.05, 0) is 89.1 Å². The highest BCUT2D eigenvalue weighted by atomic mass is 14.3. The normalized spacial score (nSPS) is 22.1. The molecule has 1 fully saturated rings. The summed E-state index contributed by atoms with van der Waals surface area (Å²) in [6.07, 6.45) is 22.8. The van der Waals surface area contributed by atoms with E-state index in [1.807, 2.05) is 0 Å². The molecule has 3 aliphatic carbocycles. The molecule has 0 radical (unpaired) electrons. The average molecular weight is 459 g/mol. The minimum atomic E-state index is 0.341. The highest BCUT2D eigenvalue weighted by Gasteiger charge is 2.27. The second-order valence-electron chi connectivity index (χ2n) is 11.1. The first-order chi connectivity index (χ1) is 16.9. The van der Waals surface area contributed by atoms with Gasteiger partial charge in [0, 0.05) is 11.5 Å². The summed E-state index contributed by atoms with van der Waals surface area (Å²) >= 11 is 0. The first-order valence-corrected chi connectivity index (χ1v) is 13.4. The molecule has 2 aromatic carbocycles. The van der Waals surface area contributed by atoms with Gasteiger partial charge in [-0.25, -0.2) is 0 Å². The van der Waals surface area contributed by atoms with Crippen molar-refractivity contribution >= 4 is 6.08 Å². The monoisotopic (exact) mass is 458 g/mol. The lowest BCUT2D eigenvalue weighted by atomic mass is 9.77. The largest absolute Gasteiger partial charge is 0.115 e. The maximum atomic E-state index is 5.89. The maximum absolute atomic E-state index is 5.89. The Labute approximate surface area is 212 Å². The van der Waals surface area contributed by atoms with Gasteiger partial charge in [0.1, 0.15) is 0 Å². The van der Waals surface area contributed by atoms with E-state index in [0.717, 1.165) is 24.3 Å². The van der Waals surface area contributed by atoms with Crippen molar-refractivity contribution in [2.45, 2.75) is 65.2 Å². The molecule has 178 valence electrons. The van der Waals surface area contributed by atoms with Gasteiger partial charge in [-0.2, -0.15) is 0 Å². The fraction of sp³-hybridized carbons (Fsp3) is 0.371. The smallest absolute Gasteiger partial charge is 0.0251 e.